The largest absolute Gasteiger partial charge is 0.480 e. The van der Waals surface area contributed by atoms with Crippen molar-refractivity contribution >= 4 is 136 Å². The van der Waals surface area contributed by atoms with Crippen LogP contribution in [0.4, 0.5) is 8.78 Å². The fraction of sp³-hybridized carbons (Fsp3) is 0.270. The molecule has 3 amide bonds. The van der Waals surface area contributed by atoms with E-state index < -0.39 is 79.5 Å². The summed E-state index contributed by atoms with van der Waals surface area (Å²) in [5.41, 5.74) is 8.77. The summed E-state index contributed by atoms with van der Waals surface area (Å²) in [7, 11) is -7.37. The van der Waals surface area contributed by atoms with E-state index in [1.807, 2.05) is 68.7 Å². The van der Waals surface area contributed by atoms with Crippen molar-refractivity contribution in [1.82, 2.24) is 59.2 Å². The molecule has 0 aliphatic carbocycles. The highest BCUT2D eigenvalue weighted by molar-refractivity contribution is 8.07. The number of carboxylic acid groups (broad SMARTS) is 1. The number of ketones is 2. The quantitative estimate of drug-likeness (QED) is 0.0674. The summed E-state index contributed by atoms with van der Waals surface area (Å²) in [5, 5.41) is 26.6. The molecule has 2 aliphatic heterocycles. The number of carbonyl (C=O) groups is 6. The van der Waals surface area contributed by atoms with Crippen LogP contribution in [0, 0.1) is 13.8 Å². The number of likely N-dealkylation sites (tertiary alicyclic amines) is 1. The molecule has 2 saturated heterocycles. The Morgan fingerprint density at radius 2 is 1.06 bits per heavy atom. The lowest BCUT2D eigenvalue weighted by atomic mass is 10.0. The van der Waals surface area contributed by atoms with Crippen LogP contribution < -0.4 is 16.0 Å². The first-order valence-corrected chi connectivity index (χ1v) is 32.8. The smallest absolute Gasteiger partial charge is 0.323 e. The minimum atomic E-state index is -3.82. The number of aliphatic carboxylic acids is 1. The minimum Gasteiger partial charge on any atom is -0.480 e. The summed E-state index contributed by atoms with van der Waals surface area (Å²) in [6.07, 6.45) is 7.74. The van der Waals surface area contributed by atoms with E-state index in [-0.39, 0.29) is 93.7 Å². The molecule has 31 heteroatoms. The van der Waals surface area contributed by atoms with Gasteiger partial charge in [-0.05, 0) is 87.4 Å². The first kappa shape index (κ1) is 74.3. The zero-order valence-electron chi connectivity index (χ0n) is 50.2. The number of carbonyl (C=O) groups excluding carboxylic acids is 5. The summed E-state index contributed by atoms with van der Waals surface area (Å²) in [6.45, 7) is 6.09. The van der Waals surface area contributed by atoms with Crippen molar-refractivity contribution in [3.63, 3.8) is 0 Å². The standard InChI is InChI=1S/C31H29FN6O5S.C19H16N4O3.C12H15FN2O3S.CH4.ClH.S2.H2S/c1-19-10-29-33-13-22(14-38(29)35-19)21-8-9-27-25(11-21)26(20(2)39)16-36(27)17-30(40)37-15-23(32)12-28(37)31(41)34-18-44(42,43)24-6-4-3-5-7-24;1-11-5-18-20-7-14(8-23(18)21-11)13-3-4-17-15(6-13)16(12(2)24)9-22(17)10-19(25)26;13-9-6-11(14-7-9)12(16)15-8-19(17,18)10-4-2-1-3-5-10;;;1-2;/h3-11,13-14,16,23,28H,12,15,17-18H2,1-2H3,(H,34,41);3-9H,10H2,1-2H3,(H,25,26);1-5,9,11,14H,6-8H2,(H,15,16);1H4;1H;;1H2/t23-,28+;;9-,11+;;;;/m1.1..../s1. The fourth-order valence-electron chi connectivity index (χ4n) is 10.6. The summed E-state index contributed by atoms with van der Waals surface area (Å²) >= 11 is 7.33. The normalized spacial score (nSPS) is 15.8. The Bertz CT molecular complexity index is 4670. The molecule has 94 heavy (non-hydrogen) atoms. The highest BCUT2D eigenvalue weighted by Crippen LogP contribution is 2.31. The number of benzene rings is 4. The van der Waals surface area contributed by atoms with Gasteiger partial charge in [-0.2, -0.15) is 23.7 Å². The molecule has 6 aromatic heterocycles. The van der Waals surface area contributed by atoms with Gasteiger partial charge in [-0.1, -0.05) is 56.0 Å². The number of hydrogen-bond acceptors (Lipinski definition) is 17. The number of halogens is 3. The molecule has 496 valence electrons. The van der Waals surface area contributed by atoms with E-state index in [0.717, 1.165) is 49.6 Å². The molecule has 10 aromatic rings. The number of aryl methyl sites for hydroxylation is 2. The average Bonchev–Trinajstić information content (AvgIpc) is 1.62. The third-order valence-corrected chi connectivity index (χ3v) is 18.0. The monoisotopic (exact) mass is 1400 g/mol. The van der Waals surface area contributed by atoms with Crippen LogP contribution in [-0.4, -0.2) is 150 Å². The van der Waals surface area contributed by atoms with Crippen LogP contribution in [0.25, 0.3) is 55.4 Å². The molecular weight excluding hydrogens is 1330 g/mol. The van der Waals surface area contributed by atoms with Crippen LogP contribution in [0.5, 0.6) is 0 Å². The van der Waals surface area contributed by atoms with Crippen molar-refractivity contribution in [2.45, 2.75) is 95.3 Å². The topological polar surface area (TPSA) is 300 Å². The first-order chi connectivity index (χ1) is 43.4. The highest BCUT2D eigenvalue weighted by atomic mass is 35.5. The van der Waals surface area contributed by atoms with E-state index in [2.05, 4.69) is 58.5 Å². The maximum Gasteiger partial charge on any atom is 0.323 e. The van der Waals surface area contributed by atoms with Gasteiger partial charge in [0.05, 0.1) is 33.8 Å². The molecule has 4 aromatic carbocycles. The number of fused-ring (bicyclic) bond motifs is 4. The van der Waals surface area contributed by atoms with Crippen LogP contribution in [0.15, 0.2) is 156 Å². The highest BCUT2D eigenvalue weighted by Gasteiger charge is 2.40. The summed E-state index contributed by atoms with van der Waals surface area (Å²) < 4.78 is 83.1. The number of nitrogens with zero attached hydrogens (tertiary/aromatic N) is 9. The molecule has 12 rings (SSSR count). The number of sulfone groups is 2. The number of rotatable bonds is 16. The lowest BCUT2D eigenvalue weighted by Crippen LogP contribution is -2.47. The molecule has 23 nitrogen and oxygen atoms in total. The first-order valence-electron chi connectivity index (χ1n) is 28.1. The summed E-state index contributed by atoms with van der Waals surface area (Å²) in [5.74, 6) is -4.18. The number of hydrogen-bond donors (Lipinski definition) is 4. The number of alkyl halides is 2. The van der Waals surface area contributed by atoms with E-state index in [9.17, 15) is 54.4 Å². The second kappa shape index (κ2) is 31.9. The molecule has 2 aliphatic rings. The average molecular weight is 1400 g/mol. The summed E-state index contributed by atoms with van der Waals surface area (Å²) in [4.78, 5) is 84.0. The van der Waals surface area contributed by atoms with Crippen molar-refractivity contribution in [3.8, 4) is 22.3 Å². The zero-order chi connectivity index (χ0) is 65.5. The SMILES string of the molecule is C.CC(=O)c1cn(CC(=O)N2C[C@H](F)C[C@H]2C(=O)NCS(=O)(=O)c2ccccc2)c2ccc(-c3cnc4cc(C)nn4c3)cc12.CC(=O)c1cn(CC(=O)O)c2ccc(-c3cnc4cc(C)nn4c3)cc12.Cl.O=C(NCS(=O)(=O)c1ccccc1)[C@@H]1C[C@@H](F)CN1.S.S=S. The van der Waals surface area contributed by atoms with Crippen LogP contribution in [0.3, 0.4) is 0 Å². The third kappa shape index (κ3) is 17.3. The summed E-state index contributed by atoms with van der Waals surface area (Å²) in [6, 6.07) is 28.6. The third-order valence-electron chi connectivity index (χ3n) is 15.0. The molecular formula is C63H67ClF2N12O11S5. The molecule has 0 unspecified atom stereocenters. The molecule has 8 heterocycles. The van der Waals surface area contributed by atoms with Crippen LogP contribution in [0.1, 0.15) is 66.2 Å². The van der Waals surface area contributed by atoms with E-state index in [1.165, 1.54) is 38.1 Å². The van der Waals surface area contributed by atoms with Gasteiger partial charge in [-0.15, -0.1) is 12.4 Å². The number of amides is 3. The maximum atomic E-state index is 14.5. The van der Waals surface area contributed by atoms with Crippen molar-refractivity contribution in [1.29, 1.82) is 0 Å². The maximum absolute atomic E-state index is 14.5. The number of Topliss-reactive ketones (excluding diaryl/α,β-unsaturated/α-hetero) is 2. The van der Waals surface area contributed by atoms with Gasteiger partial charge in [0, 0.05) is 135 Å². The van der Waals surface area contributed by atoms with Gasteiger partial charge in [0.2, 0.25) is 17.7 Å². The van der Waals surface area contributed by atoms with Gasteiger partial charge < -0.3 is 35.1 Å². The van der Waals surface area contributed by atoms with E-state index in [4.69, 9.17) is 5.11 Å². The van der Waals surface area contributed by atoms with Crippen molar-refractivity contribution in [2.24, 2.45) is 0 Å². The van der Waals surface area contributed by atoms with Crippen molar-refractivity contribution in [2.75, 3.05) is 24.8 Å². The molecule has 0 saturated carbocycles. The van der Waals surface area contributed by atoms with Crippen molar-refractivity contribution < 1.29 is 59.5 Å². The van der Waals surface area contributed by atoms with Gasteiger partial charge in [-0.3, -0.25) is 28.8 Å². The molecule has 0 bridgehead atoms. The molecule has 0 radical (unpaired) electrons. The van der Waals surface area contributed by atoms with Crippen LogP contribution in [0.2, 0.25) is 0 Å². The Morgan fingerprint density at radius 3 is 1.49 bits per heavy atom. The second-order valence-corrected chi connectivity index (χ2v) is 25.6. The Kier molecular flexibility index (Phi) is 25.2. The van der Waals surface area contributed by atoms with Gasteiger partial charge >= 0.3 is 5.97 Å². The number of aromatic nitrogens is 8. The van der Waals surface area contributed by atoms with Crippen molar-refractivity contribution in [3.05, 3.63) is 169 Å². The predicted molar refractivity (Wildman–Crippen MR) is 364 cm³/mol. The number of carboxylic acids is 1. The van der Waals surface area contributed by atoms with Gasteiger partial charge in [-0.25, -0.2) is 44.6 Å². The second-order valence-electron chi connectivity index (χ2n) is 21.6. The van der Waals surface area contributed by atoms with Crippen LogP contribution in [-0.2, 0) is 74.3 Å². The Labute approximate surface area is 562 Å². The van der Waals surface area contributed by atoms with E-state index in [0.29, 0.717) is 33.2 Å². The minimum absolute atomic E-state index is 0. The lowest BCUT2D eigenvalue weighted by Gasteiger charge is -2.24. The molecule has 2 fully saturated rings. The van der Waals surface area contributed by atoms with Crippen LogP contribution >= 0.6 is 25.9 Å². The Hall–Kier alpha value is -8.78. The van der Waals surface area contributed by atoms with Gasteiger partial charge in [0.15, 0.2) is 42.5 Å². The Balaban J connectivity index is 0.000000238. The Morgan fingerprint density at radius 1 is 0.617 bits per heavy atom. The molecule has 0 spiro atoms. The van der Waals surface area contributed by atoms with E-state index in [1.54, 1.807) is 85.4 Å². The van der Waals surface area contributed by atoms with Gasteiger partial charge in [0.1, 0.15) is 43.2 Å². The van der Waals surface area contributed by atoms with E-state index >= 15 is 0 Å². The lowest BCUT2D eigenvalue weighted by molar-refractivity contribution is -0.138. The molecule has 4 N–H and O–H groups in total. The molecule has 4 atom stereocenters. The number of nitrogens with one attached hydrogen (secondary N) is 3. The predicted octanol–water partition coefficient (Wildman–Crippen LogP) is 7.70. The zero-order valence-corrected chi connectivity index (χ0v) is 55.3. The van der Waals surface area contributed by atoms with Gasteiger partial charge in [0.25, 0.3) is 0 Å². The fourth-order valence-corrected chi connectivity index (χ4v) is 12.8.